The Bertz CT molecular complexity index is 465. The third-order valence-corrected chi connectivity index (χ3v) is 4.93. The van der Waals surface area contributed by atoms with Crippen LogP contribution < -0.4 is 4.72 Å². The van der Waals surface area contributed by atoms with Gasteiger partial charge in [0.25, 0.3) is 0 Å². The van der Waals surface area contributed by atoms with Gasteiger partial charge in [-0.3, -0.25) is 0 Å². The number of nitrogens with zero attached hydrogens (tertiary/aromatic N) is 1. The minimum absolute atomic E-state index is 0.0886. The van der Waals surface area contributed by atoms with Crippen LogP contribution >= 0.6 is 11.6 Å². The van der Waals surface area contributed by atoms with Gasteiger partial charge < -0.3 is 9.45 Å². The molecule has 120 valence electrons. The van der Waals surface area contributed by atoms with Crippen molar-refractivity contribution in [3.63, 3.8) is 0 Å². The zero-order valence-corrected chi connectivity index (χ0v) is 14.8. The van der Waals surface area contributed by atoms with Crippen molar-refractivity contribution in [2.45, 2.75) is 38.0 Å². The van der Waals surface area contributed by atoms with Crippen LogP contribution in [-0.4, -0.2) is 34.8 Å². The van der Waals surface area contributed by atoms with E-state index in [4.69, 9.17) is 11.6 Å². The van der Waals surface area contributed by atoms with E-state index in [-0.39, 0.29) is 11.1 Å². The minimum atomic E-state index is -1.28. The summed E-state index contributed by atoms with van der Waals surface area (Å²) >= 11 is 4.58. The van der Waals surface area contributed by atoms with E-state index < -0.39 is 21.9 Å². The monoisotopic (exact) mass is 334 g/mol. The van der Waals surface area contributed by atoms with Gasteiger partial charge in [0.1, 0.15) is 10.6 Å². The third-order valence-electron chi connectivity index (χ3n) is 3.03. The lowest BCUT2D eigenvalue weighted by Gasteiger charge is -2.29. The van der Waals surface area contributed by atoms with Gasteiger partial charge in [0.05, 0.1) is 11.1 Å². The number of benzene rings is 1. The standard InChI is InChI=1S/C15H24ClFN2OS/c1-15(2,3)21(20)18-13(9-10-19(4)5)11-7-6-8-12(16)14(11)17/h6-8,13,18H,9-10H2,1-5H3/t13?,21-/m1/s1. The van der Waals surface area contributed by atoms with Crippen molar-refractivity contribution in [2.24, 2.45) is 0 Å². The summed E-state index contributed by atoms with van der Waals surface area (Å²) in [5.74, 6) is -0.443. The quantitative estimate of drug-likeness (QED) is 0.809. The number of rotatable bonds is 6. The lowest BCUT2D eigenvalue weighted by atomic mass is 10.0. The normalized spacial score (nSPS) is 15.3. The fourth-order valence-electron chi connectivity index (χ4n) is 1.76. The lowest BCUT2D eigenvalue weighted by molar-refractivity contribution is 0.370. The maximum atomic E-state index is 14.2. The van der Waals surface area contributed by atoms with E-state index >= 15 is 0 Å². The summed E-state index contributed by atoms with van der Waals surface area (Å²) < 4.78 is 29.2. The van der Waals surface area contributed by atoms with E-state index in [2.05, 4.69) is 4.72 Å². The summed E-state index contributed by atoms with van der Waals surface area (Å²) in [7, 11) is 3.90. The van der Waals surface area contributed by atoms with Crippen LogP contribution in [0.15, 0.2) is 18.2 Å². The van der Waals surface area contributed by atoms with Gasteiger partial charge in [-0.25, -0.2) is 4.39 Å². The van der Waals surface area contributed by atoms with Crippen LogP contribution in [0.2, 0.25) is 5.02 Å². The zero-order valence-electron chi connectivity index (χ0n) is 13.2. The van der Waals surface area contributed by atoms with Gasteiger partial charge in [0.15, 0.2) is 0 Å². The van der Waals surface area contributed by atoms with Crippen LogP contribution in [-0.2, 0) is 11.4 Å². The molecule has 2 atom stereocenters. The van der Waals surface area contributed by atoms with E-state index in [0.29, 0.717) is 12.0 Å². The first kappa shape index (κ1) is 18.7. The molecule has 1 aromatic carbocycles. The second kappa shape index (κ2) is 7.79. The molecule has 0 aliphatic carbocycles. The molecule has 0 aromatic heterocycles. The lowest BCUT2D eigenvalue weighted by Crippen LogP contribution is -2.42. The van der Waals surface area contributed by atoms with Crippen LogP contribution in [0.5, 0.6) is 0 Å². The molecule has 0 aliphatic rings. The molecule has 3 nitrogen and oxygen atoms in total. The van der Waals surface area contributed by atoms with Crippen molar-refractivity contribution < 1.29 is 8.94 Å². The van der Waals surface area contributed by atoms with Gasteiger partial charge in [0.2, 0.25) is 0 Å². The molecule has 1 aromatic rings. The highest BCUT2D eigenvalue weighted by Gasteiger charge is 2.31. The summed E-state index contributed by atoms with van der Waals surface area (Å²) in [6.07, 6.45) is 0.645. The fourth-order valence-corrected chi connectivity index (χ4v) is 2.80. The molecule has 0 spiro atoms. The Labute approximate surface area is 135 Å². The summed E-state index contributed by atoms with van der Waals surface area (Å²) in [5, 5.41) is 0.0886. The second-order valence-electron chi connectivity index (χ2n) is 6.29. The molecule has 1 rings (SSSR count). The topological polar surface area (TPSA) is 38.3 Å². The highest BCUT2D eigenvalue weighted by atomic mass is 35.5. The van der Waals surface area contributed by atoms with Crippen molar-refractivity contribution in [2.75, 3.05) is 20.6 Å². The number of nitrogens with one attached hydrogen (secondary N) is 1. The molecule has 0 aliphatic heterocycles. The molecule has 0 saturated carbocycles. The zero-order chi connectivity index (χ0) is 16.2. The summed E-state index contributed by atoms with van der Waals surface area (Å²) in [6, 6.07) is 4.58. The fraction of sp³-hybridized carbons (Fsp3) is 0.600. The van der Waals surface area contributed by atoms with E-state index in [1.165, 1.54) is 6.07 Å². The van der Waals surface area contributed by atoms with Crippen molar-refractivity contribution in [1.29, 1.82) is 0 Å². The Morgan fingerprint density at radius 3 is 2.52 bits per heavy atom. The van der Waals surface area contributed by atoms with Gasteiger partial charge in [-0.2, -0.15) is 0 Å². The Hall–Kier alpha value is -0.330. The molecule has 0 amide bonds. The highest BCUT2D eigenvalue weighted by molar-refractivity contribution is 7.90. The SMILES string of the molecule is CN(C)CCC(N[S@+]([O-])C(C)(C)C)c1cccc(Cl)c1F. The van der Waals surface area contributed by atoms with E-state index in [0.717, 1.165) is 6.54 Å². The van der Waals surface area contributed by atoms with Crippen LogP contribution in [0.3, 0.4) is 0 Å². The molecular formula is C15H24ClFN2OS. The smallest absolute Gasteiger partial charge is 0.146 e. The van der Waals surface area contributed by atoms with Crippen LogP contribution in [0.1, 0.15) is 38.8 Å². The Morgan fingerprint density at radius 2 is 2.00 bits per heavy atom. The number of hydrogen-bond acceptors (Lipinski definition) is 3. The molecule has 0 fully saturated rings. The molecule has 0 saturated heterocycles. The maximum Gasteiger partial charge on any atom is 0.146 e. The summed E-state index contributed by atoms with van der Waals surface area (Å²) in [6.45, 7) is 6.40. The molecular weight excluding hydrogens is 311 g/mol. The molecule has 6 heteroatoms. The van der Waals surface area contributed by atoms with Crippen LogP contribution in [0.25, 0.3) is 0 Å². The molecule has 0 heterocycles. The van der Waals surface area contributed by atoms with Gasteiger partial charge in [0, 0.05) is 16.9 Å². The maximum absolute atomic E-state index is 14.2. The molecule has 21 heavy (non-hydrogen) atoms. The first-order valence-corrected chi connectivity index (χ1v) is 8.42. The first-order chi connectivity index (χ1) is 9.62. The van der Waals surface area contributed by atoms with Gasteiger partial charge in [-0.1, -0.05) is 23.7 Å². The molecule has 1 N–H and O–H groups in total. The predicted octanol–water partition coefficient (Wildman–Crippen LogP) is 3.52. The third kappa shape index (κ3) is 5.75. The van der Waals surface area contributed by atoms with Crippen molar-refractivity contribution in [1.82, 2.24) is 9.62 Å². The number of halogens is 2. The van der Waals surface area contributed by atoms with Crippen molar-refractivity contribution in [3.8, 4) is 0 Å². The van der Waals surface area contributed by atoms with Crippen LogP contribution in [0, 0.1) is 5.82 Å². The average Bonchev–Trinajstić information content (AvgIpc) is 2.36. The van der Waals surface area contributed by atoms with Crippen LogP contribution in [0.4, 0.5) is 4.39 Å². The average molecular weight is 335 g/mol. The summed E-state index contributed by atoms with van der Waals surface area (Å²) in [4.78, 5) is 2.01. The first-order valence-electron chi connectivity index (χ1n) is 6.89. The summed E-state index contributed by atoms with van der Waals surface area (Å²) in [5.41, 5.74) is 0.460. The van der Waals surface area contributed by atoms with Gasteiger partial charge in [-0.15, -0.1) is 4.72 Å². The number of hydrogen-bond donors (Lipinski definition) is 1. The molecule has 1 unspecified atom stereocenters. The van der Waals surface area contributed by atoms with Gasteiger partial charge >= 0.3 is 0 Å². The molecule has 0 radical (unpaired) electrons. The largest absolute Gasteiger partial charge is 0.598 e. The Morgan fingerprint density at radius 1 is 1.38 bits per heavy atom. The Balaban J connectivity index is 2.99. The van der Waals surface area contributed by atoms with E-state index in [1.54, 1.807) is 12.1 Å². The highest BCUT2D eigenvalue weighted by Crippen LogP contribution is 2.28. The Kier molecular flexibility index (Phi) is 6.94. The predicted molar refractivity (Wildman–Crippen MR) is 88.4 cm³/mol. The van der Waals surface area contributed by atoms with Crippen molar-refractivity contribution in [3.05, 3.63) is 34.6 Å². The van der Waals surface area contributed by atoms with E-state index in [1.807, 2.05) is 39.8 Å². The van der Waals surface area contributed by atoms with E-state index in [9.17, 15) is 8.94 Å². The minimum Gasteiger partial charge on any atom is -0.598 e. The molecule has 0 bridgehead atoms. The van der Waals surface area contributed by atoms with Crippen molar-refractivity contribution >= 4 is 23.0 Å². The van der Waals surface area contributed by atoms with Gasteiger partial charge in [-0.05, 0) is 53.9 Å². The second-order valence-corrected chi connectivity index (χ2v) is 8.69.